The van der Waals surface area contributed by atoms with Gasteiger partial charge >= 0.3 is 0 Å². The van der Waals surface area contributed by atoms with Gasteiger partial charge in [0.2, 0.25) is 23.3 Å². The predicted octanol–water partition coefficient (Wildman–Crippen LogP) is 13.7. The zero-order valence-electron chi connectivity index (χ0n) is 32.3. The van der Waals surface area contributed by atoms with E-state index in [1.165, 1.54) is 0 Å². The van der Waals surface area contributed by atoms with Gasteiger partial charge in [0.25, 0.3) is 0 Å². The third kappa shape index (κ3) is 6.46. The summed E-state index contributed by atoms with van der Waals surface area (Å²) in [7, 11) is 0. The van der Waals surface area contributed by atoms with Gasteiger partial charge in [0.05, 0.1) is 45.0 Å². The van der Waals surface area contributed by atoms with E-state index in [1.807, 2.05) is 0 Å². The molecule has 68 heavy (non-hydrogen) atoms. The van der Waals surface area contributed by atoms with Gasteiger partial charge in [0.15, 0.2) is 93.1 Å². The molecule has 3 aromatic heterocycles. The maximum atomic E-state index is 15.8. The summed E-state index contributed by atoms with van der Waals surface area (Å²) in [6.07, 6.45) is -0.427. The predicted molar refractivity (Wildman–Crippen MR) is 198 cm³/mol. The molecule has 2 aliphatic heterocycles. The first kappa shape index (κ1) is 45.5. The van der Waals surface area contributed by atoms with Crippen molar-refractivity contribution in [2.75, 3.05) is 0 Å². The standard InChI is InChI=1S/C44H12F20N4/c45-25-21(26(46)34(54)41(61)33(25)53)17-9-1-2-10(65-9)18(22-27(47)35(55)42(62)36(56)28(22)48)12-5-6-14(67-12)20(24-31(51)39(59)44(64)40(60)32(24)52)16-8-7-15(68-16)19(13-4-3-11(17)66-13)23-29(49)37(57)43(63)38(58)30(23)50/h1-6,66-67H,7-8H2. The van der Waals surface area contributed by atoms with E-state index in [0.29, 0.717) is 36.4 Å². The van der Waals surface area contributed by atoms with Crippen LogP contribution in [0.25, 0.3) is 78.7 Å². The van der Waals surface area contributed by atoms with Gasteiger partial charge in [-0.2, -0.15) is 0 Å². The number of rotatable bonds is 4. The van der Waals surface area contributed by atoms with E-state index >= 15 is 35.1 Å². The first-order chi connectivity index (χ1) is 32.1. The number of H-pyrrole nitrogens is 2. The molecule has 0 atom stereocenters. The normalized spacial score (nSPS) is 12.5. The van der Waals surface area contributed by atoms with E-state index in [2.05, 4.69) is 19.9 Å². The topological polar surface area (TPSA) is 57.4 Å². The number of nitrogens with one attached hydrogen (secondary N) is 2. The zero-order chi connectivity index (χ0) is 49.3. The lowest BCUT2D eigenvalue weighted by atomic mass is 9.98. The third-order valence-electron chi connectivity index (χ3n) is 10.9. The van der Waals surface area contributed by atoms with Crippen LogP contribution in [0.15, 0.2) is 24.3 Å². The van der Waals surface area contributed by atoms with Crippen LogP contribution >= 0.6 is 0 Å². The Morgan fingerprint density at radius 3 is 0.706 bits per heavy atom. The van der Waals surface area contributed by atoms with Gasteiger partial charge in [-0.05, 0) is 49.3 Å². The van der Waals surface area contributed by atoms with Gasteiger partial charge in [0.1, 0.15) is 0 Å². The molecule has 2 N–H and O–H groups in total. The molecule has 7 aromatic rings. The Labute approximate surface area is 362 Å². The monoisotopic (exact) mass is 976 g/mol. The van der Waals surface area contributed by atoms with Crippen molar-refractivity contribution in [1.82, 2.24) is 19.9 Å². The highest BCUT2D eigenvalue weighted by atomic mass is 19.2. The minimum atomic E-state index is -2.71. The minimum Gasteiger partial charge on any atom is -0.354 e. The molecular formula is C44H12F20N4. The van der Waals surface area contributed by atoms with Crippen molar-refractivity contribution in [1.29, 1.82) is 0 Å². The summed E-state index contributed by atoms with van der Waals surface area (Å²) < 4.78 is 303. The summed E-state index contributed by atoms with van der Waals surface area (Å²) in [5.74, 6) is -52.3. The fourth-order valence-electron chi connectivity index (χ4n) is 7.86. The van der Waals surface area contributed by atoms with Crippen LogP contribution < -0.4 is 0 Å². The summed E-state index contributed by atoms with van der Waals surface area (Å²) in [4.78, 5) is 12.5. The largest absolute Gasteiger partial charge is 0.354 e. The molecule has 8 bridgehead atoms. The van der Waals surface area contributed by atoms with E-state index < -0.39 is 219 Å². The van der Waals surface area contributed by atoms with Crippen LogP contribution in [0.2, 0.25) is 0 Å². The molecule has 0 saturated heterocycles. The Bertz CT molecular complexity index is 3300. The average Bonchev–Trinajstić information content (AvgIpc) is 4.18. The number of aryl methyl sites for hydroxylation is 2. The number of hydrogen-bond donors (Lipinski definition) is 2. The molecule has 0 fully saturated rings. The first-order valence-electron chi connectivity index (χ1n) is 18.6. The molecule has 4 nitrogen and oxygen atoms in total. The van der Waals surface area contributed by atoms with E-state index in [9.17, 15) is 52.7 Å². The van der Waals surface area contributed by atoms with Crippen LogP contribution in [-0.4, -0.2) is 19.9 Å². The molecule has 0 radical (unpaired) electrons. The Balaban J connectivity index is 1.59. The first-order valence-corrected chi connectivity index (χ1v) is 18.6. The van der Waals surface area contributed by atoms with Crippen LogP contribution in [0, 0.1) is 116 Å². The van der Waals surface area contributed by atoms with Gasteiger partial charge in [-0.15, -0.1) is 0 Å². The summed E-state index contributed by atoms with van der Waals surface area (Å²) in [5, 5.41) is 0. The van der Waals surface area contributed by atoms with Crippen molar-refractivity contribution in [2.24, 2.45) is 0 Å². The van der Waals surface area contributed by atoms with Gasteiger partial charge in [-0.25, -0.2) is 92.8 Å². The van der Waals surface area contributed by atoms with E-state index in [0.717, 1.165) is 0 Å². The third-order valence-corrected chi connectivity index (χ3v) is 10.9. The summed E-state index contributed by atoms with van der Waals surface area (Å²) in [6.45, 7) is 0. The quantitative estimate of drug-likeness (QED) is 0.105. The summed E-state index contributed by atoms with van der Waals surface area (Å²) in [6, 6.07) is 2.63. The van der Waals surface area contributed by atoms with Crippen molar-refractivity contribution < 1.29 is 87.8 Å². The molecule has 9 rings (SSSR count). The molecule has 348 valence electrons. The number of hydrogen-bond acceptors (Lipinski definition) is 2. The summed E-state index contributed by atoms with van der Waals surface area (Å²) >= 11 is 0. The van der Waals surface area contributed by atoms with Crippen LogP contribution in [0.4, 0.5) is 87.8 Å². The van der Waals surface area contributed by atoms with Crippen molar-refractivity contribution in [3.05, 3.63) is 163 Å². The molecule has 0 unspecified atom stereocenters. The van der Waals surface area contributed by atoms with Crippen molar-refractivity contribution in [3.8, 4) is 44.5 Å². The Morgan fingerprint density at radius 2 is 0.456 bits per heavy atom. The average molecular weight is 977 g/mol. The van der Waals surface area contributed by atoms with E-state index in [1.54, 1.807) is 0 Å². The van der Waals surface area contributed by atoms with E-state index in [-0.39, 0.29) is 0 Å². The second kappa shape index (κ2) is 16.0. The second-order valence-corrected chi connectivity index (χ2v) is 14.6. The molecular weight excluding hydrogens is 964 g/mol. The van der Waals surface area contributed by atoms with Gasteiger partial charge in [-0.3, -0.25) is 4.98 Å². The van der Waals surface area contributed by atoms with Crippen molar-refractivity contribution >= 4 is 34.2 Å². The van der Waals surface area contributed by atoms with Gasteiger partial charge < -0.3 is 9.97 Å². The number of benzene rings is 4. The van der Waals surface area contributed by atoms with Crippen LogP contribution in [0.1, 0.15) is 22.8 Å². The van der Waals surface area contributed by atoms with Gasteiger partial charge in [-0.1, -0.05) is 0 Å². The maximum Gasteiger partial charge on any atom is 0.200 e. The Morgan fingerprint density at radius 1 is 0.250 bits per heavy atom. The number of fused-ring (bicyclic) bond motifs is 8. The van der Waals surface area contributed by atoms with Crippen LogP contribution in [0.3, 0.4) is 0 Å². The Kier molecular flexibility index (Phi) is 10.7. The lowest BCUT2D eigenvalue weighted by Gasteiger charge is -2.12. The highest BCUT2D eigenvalue weighted by Crippen LogP contribution is 2.44. The van der Waals surface area contributed by atoms with Crippen molar-refractivity contribution in [3.63, 3.8) is 0 Å². The number of aromatic nitrogens is 4. The molecule has 0 aliphatic carbocycles. The molecule has 0 spiro atoms. The number of nitrogens with zero attached hydrogens (tertiary/aromatic N) is 2. The SMILES string of the molecule is Fc1c(F)c(F)c(-c2c3nc(c(-c4c(F)c(F)c(F)c(F)c4F)c4ccc([nH]4)c(-c4c(F)c(F)c(F)c(F)c4F)c4nc(c(-c5c(F)c(F)c(F)c(F)c5F)c5ccc2[nH]5)CC4)C=C3)c(F)c1F. The fraction of sp³-hybridized carbons (Fsp3) is 0.0455. The molecule has 5 heterocycles. The molecule has 0 saturated carbocycles. The molecule has 0 amide bonds. The lowest BCUT2D eigenvalue weighted by molar-refractivity contribution is 0.381. The minimum absolute atomic E-state index is 0.611. The lowest BCUT2D eigenvalue weighted by Crippen LogP contribution is -2.06. The van der Waals surface area contributed by atoms with Crippen LogP contribution in [-0.2, 0) is 12.8 Å². The number of aromatic amines is 2. The van der Waals surface area contributed by atoms with E-state index in [4.69, 9.17) is 0 Å². The Hall–Kier alpha value is -7.66. The smallest absolute Gasteiger partial charge is 0.200 e. The highest BCUT2D eigenvalue weighted by Gasteiger charge is 2.36. The van der Waals surface area contributed by atoms with Crippen molar-refractivity contribution in [2.45, 2.75) is 12.8 Å². The summed E-state index contributed by atoms with van der Waals surface area (Å²) in [5.41, 5.74) is -19.6. The fourth-order valence-corrected chi connectivity index (χ4v) is 7.86. The maximum absolute atomic E-state index is 15.8. The zero-order valence-corrected chi connectivity index (χ0v) is 32.3. The second-order valence-electron chi connectivity index (χ2n) is 14.6. The molecule has 4 aromatic carbocycles. The molecule has 2 aliphatic rings. The van der Waals surface area contributed by atoms with Crippen LogP contribution in [0.5, 0.6) is 0 Å². The van der Waals surface area contributed by atoms with Gasteiger partial charge in [0, 0.05) is 44.3 Å². The molecule has 24 heteroatoms. The highest BCUT2D eigenvalue weighted by molar-refractivity contribution is 5.98. The number of halogens is 20.